The molecule has 1 aliphatic rings. The monoisotopic (exact) mass is 438 g/mol. The Morgan fingerprint density at radius 2 is 1.87 bits per heavy atom. The van der Waals surface area contributed by atoms with Crippen LogP contribution in [0.25, 0.3) is 11.3 Å². The van der Waals surface area contributed by atoms with E-state index in [9.17, 15) is 4.39 Å². The zero-order valence-electron chi connectivity index (χ0n) is 17.7. The first kappa shape index (κ1) is 21.7. The lowest BCUT2D eigenvalue weighted by molar-refractivity contribution is 0.299. The highest BCUT2D eigenvalue weighted by Crippen LogP contribution is 2.31. The topological polar surface area (TPSA) is 49.8 Å². The van der Waals surface area contributed by atoms with Crippen LogP contribution in [0.4, 0.5) is 10.2 Å². The van der Waals surface area contributed by atoms with Gasteiger partial charge >= 0.3 is 0 Å². The van der Waals surface area contributed by atoms with Gasteiger partial charge in [-0.3, -0.25) is 4.98 Å². The summed E-state index contributed by atoms with van der Waals surface area (Å²) in [5, 5.41) is 7.25. The molecular weight excluding hydrogens is 411 g/mol. The van der Waals surface area contributed by atoms with E-state index < -0.39 is 0 Å². The largest absolute Gasteiger partial charge is 0.366 e. The molecule has 2 aromatic heterocycles. The lowest BCUT2D eigenvalue weighted by atomic mass is 9.83. The number of nitrogens with zero attached hydrogens (tertiary/aromatic N) is 2. The van der Waals surface area contributed by atoms with Crippen molar-refractivity contribution in [3.05, 3.63) is 76.8 Å². The van der Waals surface area contributed by atoms with Crippen LogP contribution < -0.4 is 10.6 Å². The van der Waals surface area contributed by atoms with Gasteiger partial charge in [0, 0.05) is 30.0 Å². The van der Waals surface area contributed by atoms with Crippen molar-refractivity contribution in [2.45, 2.75) is 44.7 Å². The van der Waals surface area contributed by atoms with Crippen LogP contribution in [-0.2, 0) is 13.0 Å². The summed E-state index contributed by atoms with van der Waals surface area (Å²) in [6.45, 7) is 0.499. The van der Waals surface area contributed by atoms with Crippen molar-refractivity contribution in [3.8, 4) is 11.3 Å². The highest BCUT2D eigenvalue weighted by atomic mass is 35.5. The van der Waals surface area contributed by atoms with Gasteiger partial charge in [-0.2, -0.15) is 0 Å². The van der Waals surface area contributed by atoms with Crippen LogP contribution in [0.5, 0.6) is 0 Å². The third kappa shape index (κ3) is 5.81. The fourth-order valence-corrected chi connectivity index (χ4v) is 4.46. The van der Waals surface area contributed by atoms with Crippen molar-refractivity contribution in [1.82, 2.24) is 15.3 Å². The maximum absolute atomic E-state index is 13.4. The van der Waals surface area contributed by atoms with E-state index in [2.05, 4.69) is 21.7 Å². The maximum Gasteiger partial charge on any atom is 0.126 e. The van der Waals surface area contributed by atoms with Gasteiger partial charge in [0.15, 0.2) is 0 Å². The predicted molar refractivity (Wildman–Crippen MR) is 125 cm³/mol. The van der Waals surface area contributed by atoms with Crippen molar-refractivity contribution in [1.29, 1.82) is 0 Å². The quantitative estimate of drug-likeness (QED) is 0.484. The maximum atomic E-state index is 13.4. The minimum absolute atomic E-state index is 0.239. The molecule has 1 aliphatic carbocycles. The van der Waals surface area contributed by atoms with Gasteiger partial charge in [-0.1, -0.05) is 29.8 Å². The van der Waals surface area contributed by atoms with Crippen LogP contribution in [-0.4, -0.2) is 23.1 Å². The molecule has 0 spiro atoms. The molecule has 1 aromatic carbocycles. The molecule has 0 radical (unpaired) electrons. The van der Waals surface area contributed by atoms with Gasteiger partial charge in [-0.15, -0.1) is 0 Å². The Balaban J connectivity index is 1.46. The predicted octanol–water partition coefficient (Wildman–Crippen LogP) is 5.87. The van der Waals surface area contributed by atoms with E-state index in [0.29, 0.717) is 23.5 Å². The average Bonchev–Trinajstić information content (AvgIpc) is 2.80. The van der Waals surface area contributed by atoms with Gasteiger partial charge in [-0.05, 0) is 81.0 Å². The Hall–Kier alpha value is -2.50. The first-order valence-electron chi connectivity index (χ1n) is 10.9. The number of anilines is 1. The van der Waals surface area contributed by atoms with Crippen molar-refractivity contribution >= 4 is 17.4 Å². The van der Waals surface area contributed by atoms with Gasteiger partial charge < -0.3 is 10.6 Å². The summed E-state index contributed by atoms with van der Waals surface area (Å²) in [4.78, 5) is 9.30. The summed E-state index contributed by atoms with van der Waals surface area (Å²) < 4.78 is 13.4. The molecule has 0 aliphatic heterocycles. The third-order valence-corrected chi connectivity index (χ3v) is 6.35. The molecule has 0 bridgehead atoms. The van der Waals surface area contributed by atoms with Gasteiger partial charge in [-0.25, -0.2) is 9.37 Å². The van der Waals surface area contributed by atoms with Crippen LogP contribution in [0.3, 0.4) is 0 Å². The molecule has 4 nitrogen and oxygen atoms in total. The summed E-state index contributed by atoms with van der Waals surface area (Å²) in [5.74, 6) is 1.15. The molecular formula is C25H28ClFN4. The summed E-state index contributed by atoms with van der Waals surface area (Å²) >= 11 is 6.48. The van der Waals surface area contributed by atoms with Crippen molar-refractivity contribution < 1.29 is 4.39 Å². The Labute approximate surface area is 188 Å². The minimum atomic E-state index is -0.239. The van der Waals surface area contributed by atoms with E-state index in [1.165, 1.54) is 37.8 Å². The van der Waals surface area contributed by atoms with Crippen molar-refractivity contribution in [2.75, 3.05) is 12.4 Å². The molecule has 1 saturated carbocycles. The van der Waals surface area contributed by atoms with Crippen LogP contribution in [0.1, 0.15) is 36.9 Å². The smallest absolute Gasteiger partial charge is 0.126 e. The zero-order valence-corrected chi connectivity index (χ0v) is 18.5. The molecule has 0 saturated heterocycles. The molecule has 0 atom stereocenters. The van der Waals surface area contributed by atoms with Crippen molar-refractivity contribution in [3.63, 3.8) is 0 Å². The molecule has 6 heteroatoms. The molecule has 162 valence electrons. The standard InChI is InChI=1S/C25H28ClFN4/c1-28-20-10-8-17(9-11-20)13-21-14-22(23(26)16-29-21)24-6-3-7-25(31-24)30-15-18-4-2-5-19(27)12-18/h2-7,12,14,16-17,20,28H,8-11,13,15H2,1H3,(H,30,31). The van der Waals surface area contributed by atoms with Crippen LogP contribution in [0.15, 0.2) is 54.7 Å². The van der Waals surface area contributed by atoms with E-state index in [4.69, 9.17) is 16.6 Å². The molecule has 3 aromatic rings. The Morgan fingerprint density at radius 1 is 1.06 bits per heavy atom. The molecule has 31 heavy (non-hydrogen) atoms. The normalized spacial score (nSPS) is 18.7. The highest BCUT2D eigenvalue weighted by Gasteiger charge is 2.21. The highest BCUT2D eigenvalue weighted by molar-refractivity contribution is 6.33. The molecule has 0 unspecified atom stereocenters. The summed E-state index contributed by atoms with van der Waals surface area (Å²) in [7, 11) is 2.05. The molecule has 0 amide bonds. The summed E-state index contributed by atoms with van der Waals surface area (Å²) in [5.41, 5.74) is 3.62. The number of halogens is 2. The average molecular weight is 439 g/mol. The number of aromatic nitrogens is 2. The SMILES string of the molecule is CNC1CCC(Cc2cc(-c3cccc(NCc4cccc(F)c4)n3)c(Cl)cn2)CC1. The number of hydrogen-bond donors (Lipinski definition) is 2. The fraction of sp³-hybridized carbons (Fsp3) is 0.360. The van der Waals surface area contributed by atoms with Crippen LogP contribution in [0.2, 0.25) is 5.02 Å². The van der Waals surface area contributed by atoms with Gasteiger partial charge in [0.25, 0.3) is 0 Å². The minimum Gasteiger partial charge on any atom is -0.366 e. The lowest BCUT2D eigenvalue weighted by Gasteiger charge is -2.28. The van der Waals surface area contributed by atoms with Crippen LogP contribution in [0, 0.1) is 11.7 Å². The number of rotatable bonds is 7. The van der Waals surface area contributed by atoms with Gasteiger partial charge in [0.05, 0.1) is 10.7 Å². The Kier molecular flexibility index (Phi) is 7.15. The first-order chi connectivity index (χ1) is 15.1. The Bertz CT molecular complexity index is 1020. The molecule has 2 N–H and O–H groups in total. The van der Waals surface area contributed by atoms with E-state index in [0.717, 1.165) is 34.8 Å². The zero-order chi connectivity index (χ0) is 21.6. The molecule has 1 fully saturated rings. The van der Waals surface area contributed by atoms with E-state index >= 15 is 0 Å². The number of benzene rings is 1. The third-order valence-electron chi connectivity index (χ3n) is 6.05. The van der Waals surface area contributed by atoms with E-state index in [1.54, 1.807) is 12.3 Å². The second kappa shape index (κ2) is 10.2. The fourth-order valence-electron chi connectivity index (χ4n) is 4.26. The molecule has 2 heterocycles. The second-order valence-corrected chi connectivity index (χ2v) is 8.66. The summed E-state index contributed by atoms with van der Waals surface area (Å²) in [6.07, 6.45) is 7.61. The van der Waals surface area contributed by atoms with E-state index in [-0.39, 0.29) is 5.82 Å². The van der Waals surface area contributed by atoms with Gasteiger partial charge in [0.1, 0.15) is 11.6 Å². The second-order valence-electron chi connectivity index (χ2n) is 8.26. The van der Waals surface area contributed by atoms with E-state index in [1.807, 2.05) is 31.3 Å². The van der Waals surface area contributed by atoms with Crippen molar-refractivity contribution in [2.24, 2.45) is 5.92 Å². The number of hydrogen-bond acceptors (Lipinski definition) is 4. The lowest BCUT2D eigenvalue weighted by Crippen LogP contribution is -2.30. The van der Waals surface area contributed by atoms with Crippen LogP contribution >= 0.6 is 11.6 Å². The first-order valence-corrected chi connectivity index (χ1v) is 11.3. The number of nitrogens with one attached hydrogen (secondary N) is 2. The molecule has 4 rings (SSSR count). The summed E-state index contributed by atoms with van der Waals surface area (Å²) in [6, 6.07) is 15.1. The Morgan fingerprint density at radius 3 is 2.65 bits per heavy atom. The van der Waals surface area contributed by atoms with Gasteiger partial charge in [0.2, 0.25) is 0 Å². The number of pyridine rings is 2.